The minimum Gasteiger partial charge on any atom is -0.454 e. The first-order chi connectivity index (χ1) is 7.37. The summed E-state index contributed by atoms with van der Waals surface area (Å²) in [6.45, 7) is 5.98. The highest BCUT2D eigenvalue weighted by Crippen LogP contribution is 2.14. The number of carbonyl (C=O) groups excluding carboxylic acids is 1. The molecule has 0 saturated heterocycles. The minimum absolute atomic E-state index is 0.405. The van der Waals surface area contributed by atoms with Gasteiger partial charge in [-0.1, -0.05) is 0 Å². The molecule has 0 aliphatic heterocycles. The molecule has 0 radical (unpaired) electrons. The van der Waals surface area contributed by atoms with Crippen molar-refractivity contribution in [3.63, 3.8) is 0 Å². The van der Waals surface area contributed by atoms with Gasteiger partial charge in [0.25, 0.3) is 0 Å². The average molecular weight is 290 g/mol. The molecule has 1 heterocycles. The fourth-order valence-electron chi connectivity index (χ4n) is 1.09. The number of carbonyl (C=O) groups is 1. The predicted octanol–water partition coefficient (Wildman–Crippen LogP) is 3.11. The van der Waals surface area contributed by atoms with Crippen molar-refractivity contribution < 1.29 is 13.9 Å². The van der Waals surface area contributed by atoms with E-state index >= 15 is 0 Å². The fraction of sp³-hybridized carbons (Fsp3) is 0.545. The van der Waals surface area contributed by atoms with Crippen molar-refractivity contribution in [2.75, 3.05) is 6.54 Å². The number of alkyl carbamates (subject to hydrolysis) is 1. The number of halogens is 1. The Labute approximate surface area is 103 Å². The van der Waals surface area contributed by atoms with Crippen LogP contribution in [0.5, 0.6) is 0 Å². The molecule has 1 aromatic heterocycles. The van der Waals surface area contributed by atoms with Crippen molar-refractivity contribution in [3.05, 3.63) is 22.6 Å². The zero-order valence-electron chi connectivity index (χ0n) is 9.67. The number of hydrogen-bond donors (Lipinski definition) is 1. The van der Waals surface area contributed by atoms with Crippen molar-refractivity contribution in [2.45, 2.75) is 32.8 Å². The molecule has 1 amide bonds. The van der Waals surface area contributed by atoms with Crippen LogP contribution in [0.4, 0.5) is 4.79 Å². The SMILES string of the molecule is CC(C)(C)OC(=O)NCCc1ccc(Br)o1. The van der Waals surface area contributed by atoms with Crippen LogP contribution in [-0.2, 0) is 11.2 Å². The summed E-state index contributed by atoms with van der Waals surface area (Å²) >= 11 is 3.21. The van der Waals surface area contributed by atoms with Crippen LogP contribution in [0.15, 0.2) is 21.2 Å². The Morgan fingerprint density at radius 2 is 2.19 bits per heavy atom. The van der Waals surface area contributed by atoms with E-state index in [0.29, 0.717) is 17.6 Å². The molecule has 1 aromatic rings. The quantitative estimate of drug-likeness (QED) is 0.930. The highest BCUT2D eigenvalue weighted by atomic mass is 79.9. The number of nitrogens with one attached hydrogen (secondary N) is 1. The minimum atomic E-state index is -0.461. The second kappa shape index (κ2) is 5.39. The largest absolute Gasteiger partial charge is 0.454 e. The van der Waals surface area contributed by atoms with Crippen molar-refractivity contribution in [1.29, 1.82) is 0 Å². The average Bonchev–Trinajstić information content (AvgIpc) is 2.48. The first-order valence-corrected chi connectivity index (χ1v) is 5.87. The number of hydrogen-bond acceptors (Lipinski definition) is 3. The lowest BCUT2D eigenvalue weighted by Crippen LogP contribution is -2.33. The van der Waals surface area contributed by atoms with Crippen LogP contribution in [0.25, 0.3) is 0 Å². The van der Waals surface area contributed by atoms with Crippen LogP contribution >= 0.6 is 15.9 Å². The maximum Gasteiger partial charge on any atom is 0.407 e. The van der Waals surface area contributed by atoms with Crippen LogP contribution in [0, 0.1) is 0 Å². The molecule has 0 bridgehead atoms. The van der Waals surface area contributed by atoms with Gasteiger partial charge in [0.05, 0.1) is 0 Å². The van der Waals surface area contributed by atoms with Gasteiger partial charge in [-0.25, -0.2) is 4.79 Å². The Morgan fingerprint density at radius 1 is 1.50 bits per heavy atom. The topological polar surface area (TPSA) is 51.5 Å². The first-order valence-electron chi connectivity index (χ1n) is 5.08. The lowest BCUT2D eigenvalue weighted by Gasteiger charge is -2.19. The molecule has 0 saturated carbocycles. The molecule has 0 aliphatic rings. The first kappa shape index (κ1) is 13.1. The fourth-order valence-corrected chi connectivity index (χ4v) is 1.43. The summed E-state index contributed by atoms with van der Waals surface area (Å²) in [4.78, 5) is 11.3. The van der Waals surface area contributed by atoms with Crippen LogP contribution in [-0.4, -0.2) is 18.2 Å². The molecule has 90 valence electrons. The second-order valence-corrected chi connectivity index (χ2v) is 5.17. The smallest absolute Gasteiger partial charge is 0.407 e. The molecule has 1 N–H and O–H groups in total. The Hall–Kier alpha value is -0.970. The maximum atomic E-state index is 11.3. The third-order valence-electron chi connectivity index (χ3n) is 1.67. The number of furan rings is 1. The molecule has 0 aliphatic carbocycles. The molecular formula is C11H16BrNO3. The normalized spacial score (nSPS) is 11.2. The van der Waals surface area contributed by atoms with Crippen molar-refractivity contribution in [1.82, 2.24) is 5.32 Å². The highest BCUT2D eigenvalue weighted by molar-refractivity contribution is 9.10. The van der Waals surface area contributed by atoms with E-state index in [-0.39, 0.29) is 0 Å². The van der Waals surface area contributed by atoms with Gasteiger partial charge < -0.3 is 14.5 Å². The van der Waals surface area contributed by atoms with Gasteiger partial charge in [0.2, 0.25) is 0 Å². The lowest BCUT2D eigenvalue weighted by atomic mass is 10.2. The standard InChI is InChI=1S/C11H16BrNO3/c1-11(2,3)16-10(14)13-7-6-8-4-5-9(12)15-8/h4-5H,6-7H2,1-3H3,(H,13,14). The summed E-state index contributed by atoms with van der Waals surface area (Å²) in [7, 11) is 0. The van der Waals surface area contributed by atoms with Crippen molar-refractivity contribution >= 4 is 22.0 Å². The Bertz CT molecular complexity index is 354. The molecule has 5 heteroatoms. The predicted molar refractivity (Wildman–Crippen MR) is 64.3 cm³/mol. The zero-order chi connectivity index (χ0) is 12.2. The molecule has 16 heavy (non-hydrogen) atoms. The Morgan fingerprint density at radius 3 is 2.69 bits per heavy atom. The number of amides is 1. The number of rotatable bonds is 3. The molecule has 0 unspecified atom stereocenters. The van der Waals surface area contributed by atoms with Crippen molar-refractivity contribution in [3.8, 4) is 0 Å². The van der Waals surface area contributed by atoms with E-state index in [2.05, 4.69) is 21.2 Å². The summed E-state index contributed by atoms with van der Waals surface area (Å²) in [5.41, 5.74) is -0.461. The molecule has 0 atom stereocenters. The Balaban J connectivity index is 2.23. The van der Waals surface area contributed by atoms with Crippen LogP contribution in [0.1, 0.15) is 26.5 Å². The summed E-state index contributed by atoms with van der Waals surface area (Å²) in [6.07, 6.45) is 0.239. The third kappa shape index (κ3) is 5.21. The van der Waals surface area contributed by atoms with Gasteiger partial charge in [0.15, 0.2) is 4.67 Å². The van der Waals surface area contributed by atoms with E-state index < -0.39 is 11.7 Å². The maximum absolute atomic E-state index is 11.3. The van der Waals surface area contributed by atoms with E-state index in [9.17, 15) is 4.79 Å². The molecule has 1 rings (SSSR count). The van der Waals surface area contributed by atoms with Gasteiger partial charge in [-0.15, -0.1) is 0 Å². The molecule has 0 spiro atoms. The highest BCUT2D eigenvalue weighted by Gasteiger charge is 2.15. The Kier molecular flexibility index (Phi) is 4.41. The summed E-state index contributed by atoms with van der Waals surface area (Å²) in [6, 6.07) is 3.68. The number of ether oxygens (including phenoxy) is 1. The summed E-state index contributed by atoms with van der Waals surface area (Å²) in [5, 5.41) is 2.66. The van der Waals surface area contributed by atoms with Crippen LogP contribution in [0.3, 0.4) is 0 Å². The van der Waals surface area contributed by atoms with Gasteiger partial charge in [-0.2, -0.15) is 0 Å². The zero-order valence-corrected chi connectivity index (χ0v) is 11.3. The van der Waals surface area contributed by atoms with E-state index in [1.54, 1.807) is 0 Å². The van der Waals surface area contributed by atoms with Gasteiger partial charge in [0.1, 0.15) is 11.4 Å². The van der Waals surface area contributed by atoms with E-state index in [1.165, 1.54) is 0 Å². The molecule has 0 aromatic carbocycles. The van der Waals surface area contributed by atoms with Gasteiger partial charge >= 0.3 is 6.09 Å². The second-order valence-electron chi connectivity index (χ2n) is 4.38. The van der Waals surface area contributed by atoms with Crippen LogP contribution in [0.2, 0.25) is 0 Å². The third-order valence-corrected chi connectivity index (χ3v) is 2.09. The van der Waals surface area contributed by atoms with Crippen LogP contribution < -0.4 is 5.32 Å². The van der Waals surface area contributed by atoms with Gasteiger partial charge in [-0.05, 0) is 48.8 Å². The van der Waals surface area contributed by atoms with E-state index in [1.807, 2.05) is 32.9 Å². The molecular weight excluding hydrogens is 274 g/mol. The van der Waals surface area contributed by atoms with E-state index in [4.69, 9.17) is 9.15 Å². The van der Waals surface area contributed by atoms with Gasteiger partial charge in [0, 0.05) is 13.0 Å². The van der Waals surface area contributed by atoms with Crippen molar-refractivity contribution in [2.24, 2.45) is 0 Å². The summed E-state index contributed by atoms with van der Waals surface area (Å²) in [5.74, 6) is 0.822. The van der Waals surface area contributed by atoms with Gasteiger partial charge in [-0.3, -0.25) is 0 Å². The summed E-state index contributed by atoms with van der Waals surface area (Å²) < 4.78 is 11.1. The van der Waals surface area contributed by atoms with E-state index in [0.717, 1.165) is 5.76 Å². The molecule has 4 nitrogen and oxygen atoms in total. The monoisotopic (exact) mass is 289 g/mol. The lowest BCUT2D eigenvalue weighted by molar-refractivity contribution is 0.0528. The molecule has 0 fully saturated rings.